The van der Waals surface area contributed by atoms with Gasteiger partial charge in [-0.15, -0.1) is 0 Å². The zero-order valence-electron chi connectivity index (χ0n) is 14.7. The number of benzene rings is 1. The number of amides is 2. The number of fused-ring (bicyclic) bond motifs is 1. The molecule has 2 aromatic rings. The molecule has 0 bridgehead atoms. The van der Waals surface area contributed by atoms with Crippen LogP contribution in [0.2, 0.25) is 0 Å². The maximum Gasteiger partial charge on any atom is 0.315 e. The number of hydrogen-bond donors (Lipinski definition) is 2. The van der Waals surface area contributed by atoms with Gasteiger partial charge in [0.25, 0.3) is 0 Å². The van der Waals surface area contributed by atoms with E-state index in [1.165, 1.54) is 11.1 Å². The first-order valence-corrected chi connectivity index (χ1v) is 9.07. The average Bonchev–Trinajstić information content (AvgIpc) is 3.17. The Labute approximate surface area is 147 Å². The van der Waals surface area contributed by atoms with Crippen LogP contribution in [0.15, 0.2) is 28.8 Å². The first kappa shape index (κ1) is 16.1. The third-order valence-electron chi connectivity index (χ3n) is 5.01. The fraction of sp³-hybridized carbons (Fsp3) is 0.526. The molecule has 1 fully saturated rings. The van der Waals surface area contributed by atoms with E-state index in [1.807, 2.05) is 26.0 Å². The number of nitrogens with one attached hydrogen (secondary N) is 2. The van der Waals surface area contributed by atoms with Crippen LogP contribution in [0.3, 0.4) is 0 Å². The Hall–Kier alpha value is -2.37. The summed E-state index contributed by atoms with van der Waals surface area (Å²) < 4.78 is 5.41. The highest BCUT2D eigenvalue weighted by Crippen LogP contribution is 2.38. The van der Waals surface area contributed by atoms with Crippen molar-refractivity contribution in [2.75, 3.05) is 0 Å². The molecule has 1 aromatic heterocycles. The van der Waals surface area contributed by atoms with Crippen molar-refractivity contribution in [3.05, 3.63) is 47.1 Å². The van der Waals surface area contributed by atoms with Crippen LogP contribution in [0.5, 0.6) is 0 Å². The summed E-state index contributed by atoms with van der Waals surface area (Å²) in [5, 5.41) is 10.2. The molecule has 0 unspecified atom stereocenters. The first-order valence-electron chi connectivity index (χ1n) is 9.07. The average molecular weight is 340 g/mol. The number of carbonyl (C=O) groups is 1. The SMILES string of the molecule is CC(C)[C@H](NC(=O)NC1Cc2ccccc2C1)c1nc(C2CC2)no1. The molecule has 2 aliphatic rings. The highest BCUT2D eigenvalue weighted by atomic mass is 16.5. The summed E-state index contributed by atoms with van der Waals surface area (Å²) in [7, 11) is 0. The molecule has 0 radical (unpaired) electrons. The minimum atomic E-state index is -0.274. The fourth-order valence-electron chi connectivity index (χ4n) is 3.42. The van der Waals surface area contributed by atoms with E-state index in [4.69, 9.17) is 4.52 Å². The van der Waals surface area contributed by atoms with Crippen molar-refractivity contribution in [3.8, 4) is 0 Å². The van der Waals surface area contributed by atoms with E-state index in [2.05, 4.69) is 32.9 Å². The molecule has 1 heterocycles. The van der Waals surface area contributed by atoms with Gasteiger partial charge in [0.1, 0.15) is 6.04 Å². The maximum absolute atomic E-state index is 12.5. The summed E-state index contributed by atoms with van der Waals surface area (Å²) in [6.45, 7) is 4.08. The molecule has 0 saturated heterocycles. The molecule has 2 aliphatic carbocycles. The first-order chi connectivity index (χ1) is 12.1. The minimum Gasteiger partial charge on any atom is -0.337 e. The third kappa shape index (κ3) is 3.52. The van der Waals surface area contributed by atoms with E-state index in [9.17, 15) is 4.79 Å². The van der Waals surface area contributed by atoms with Gasteiger partial charge in [-0.05, 0) is 42.7 Å². The van der Waals surface area contributed by atoms with Crippen LogP contribution < -0.4 is 10.6 Å². The van der Waals surface area contributed by atoms with Crippen molar-refractivity contribution < 1.29 is 9.32 Å². The van der Waals surface area contributed by atoms with Crippen LogP contribution in [0.1, 0.15) is 61.5 Å². The molecule has 0 aliphatic heterocycles. The van der Waals surface area contributed by atoms with Crippen molar-refractivity contribution in [2.24, 2.45) is 5.92 Å². The van der Waals surface area contributed by atoms with Gasteiger partial charge >= 0.3 is 6.03 Å². The van der Waals surface area contributed by atoms with Crippen molar-refractivity contribution >= 4 is 6.03 Å². The largest absolute Gasteiger partial charge is 0.337 e. The Bertz CT molecular complexity index is 741. The molecule has 1 saturated carbocycles. The molecule has 0 spiro atoms. The van der Waals surface area contributed by atoms with E-state index < -0.39 is 0 Å². The Morgan fingerprint density at radius 3 is 2.48 bits per heavy atom. The number of rotatable bonds is 5. The summed E-state index contributed by atoms with van der Waals surface area (Å²) in [6, 6.07) is 8.03. The molecule has 1 aromatic carbocycles. The van der Waals surface area contributed by atoms with Crippen LogP contribution in [-0.4, -0.2) is 22.2 Å². The molecule has 132 valence electrons. The Morgan fingerprint density at radius 1 is 1.20 bits per heavy atom. The quantitative estimate of drug-likeness (QED) is 0.876. The van der Waals surface area contributed by atoms with E-state index in [0.29, 0.717) is 11.8 Å². The van der Waals surface area contributed by atoms with E-state index in [0.717, 1.165) is 31.5 Å². The molecule has 6 nitrogen and oxygen atoms in total. The van der Waals surface area contributed by atoms with Gasteiger partial charge < -0.3 is 15.2 Å². The lowest BCUT2D eigenvalue weighted by Crippen LogP contribution is -2.45. The molecule has 6 heteroatoms. The highest BCUT2D eigenvalue weighted by molar-refractivity contribution is 5.75. The molecule has 2 amide bonds. The Balaban J connectivity index is 1.38. The van der Waals surface area contributed by atoms with Gasteiger partial charge in [0.15, 0.2) is 5.82 Å². The molecule has 1 atom stereocenters. The van der Waals surface area contributed by atoms with Crippen molar-refractivity contribution in [2.45, 2.75) is 57.5 Å². The summed E-state index contributed by atoms with van der Waals surface area (Å²) in [4.78, 5) is 17.0. The zero-order valence-corrected chi connectivity index (χ0v) is 14.7. The lowest BCUT2D eigenvalue weighted by atomic mass is 10.0. The van der Waals surface area contributed by atoms with Crippen LogP contribution in [-0.2, 0) is 12.8 Å². The van der Waals surface area contributed by atoms with Crippen LogP contribution in [0, 0.1) is 5.92 Å². The number of nitrogens with zero attached hydrogens (tertiary/aromatic N) is 2. The molecular weight excluding hydrogens is 316 g/mol. The molecule has 4 rings (SSSR count). The predicted octanol–water partition coefficient (Wildman–Crippen LogP) is 3.11. The van der Waals surface area contributed by atoms with Crippen molar-refractivity contribution in [1.29, 1.82) is 0 Å². The predicted molar refractivity (Wildman–Crippen MR) is 93.2 cm³/mol. The van der Waals surface area contributed by atoms with Crippen LogP contribution in [0.4, 0.5) is 4.79 Å². The topological polar surface area (TPSA) is 80.0 Å². The summed E-state index contributed by atoms with van der Waals surface area (Å²) >= 11 is 0. The maximum atomic E-state index is 12.5. The normalized spacial score (nSPS) is 18.2. The van der Waals surface area contributed by atoms with Gasteiger partial charge in [-0.25, -0.2) is 4.79 Å². The second kappa shape index (κ2) is 6.50. The summed E-state index contributed by atoms with van der Waals surface area (Å²) in [6.07, 6.45) is 4.01. The highest BCUT2D eigenvalue weighted by Gasteiger charge is 2.32. The Kier molecular flexibility index (Phi) is 4.19. The summed E-state index contributed by atoms with van der Waals surface area (Å²) in [5.74, 6) is 1.88. The zero-order chi connectivity index (χ0) is 17.4. The third-order valence-corrected chi connectivity index (χ3v) is 5.01. The van der Waals surface area contributed by atoms with Gasteiger partial charge in [0, 0.05) is 12.0 Å². The van der Waals surface area contributed by atoms with Crippen LogP contribution in [0.25, 0.3) is 0 Å². The van der Waals surface area contributed by atoms with Gasteiger partial charge in [-0.2, -0.15) is 4.98 Å². The second-order valence-electron chi connectivity index (χ2n) is 7.48. The van der Waals surface area contributed by atoms with Gasteiger partial charge in [-0.1, -0.05) is 43.3 Å². The number of hydrogen-bond acceptors (Lipinski definition) is 4. The van der Waals surface area contributed by atoms with Gasteiger partial charge in [0.05, 0.1) is 0 Å². The monoisotopic (exact) mass is 340 g/mol. The van der Waals surface area contributed by atoms with E-state index >= 15 is 0 Å². The summed E-state index contributed by atoms with van der Waals surface area (Å²) in [5.41, 5.74) is 2.64. The van der Waals surface area contributed by atoms with Crippen molar-refractivity contribution in [3.63, 3.8) is 0 Å². The number of aromatic nitrogens is 2. The lowest BCUT2D eigenvalue weighted by molar-refractivity contribution is 0.221. The standard InChI is InChI=1S/C19H24N4O2/c1-11(2)16(18-22-17(23-25-18)12-7-8-12)21-19(24)20-15-9-13-5-3-4-6-14(13)10-15/h3-6,11-12,15-16H,7-10H2,1-2H3,(H2,20,21,24)/t16-/m0/s1. The number of carbonyl (C=O) groups excluding carboxylic acids is 1. The molecule has 25 heavy (non-hydrogen) atoms. The van der Waals surface area contributed by atoms with E-state index in [1.54, 1.807) is 0 Å². The fourth-order valence-corrected chi connectivity index (χ4v) is 3.42. The van der Waals surface area contributed by atoms with Gasteiger partial charge in [-0.3, -0.25) is 0 Å². The van der Waals surface area contributed by atoms with Crippen LogP contribution >= 0.6 is 0 Å². The van der Waals surface area contributed by atoms with Crippen molar-refractivity contribution in [1.82, 2.24) is 20.8 Å². The smallest absolute Gasteiger partial charge is 0.315 e. The van der Waals surface area contributed by atoms with E-state index in [-0.39, 0.29) is 24.0 Å². The second-order valence-corrected chi connectivity index (χ2v) is 7.48. The Morgan fingerprint density at radius 2 is 1.88 bits per heavy atom. The molecular formula is C19H24N4O2. The minimum absolute atomic E-state index is 0.134. The van der Waals surface area contributed by atoms with Gasteiger partial charge in [0.2, 0.25) is 5.89 Å². The molecule has 2 N–H and O–H groups in total. The number of urea groups is 1. The lowest BCUT2D eigenvalue weighted by Gasteiger charge is -2.20.